The third-order valence-corrected chi connectivity index (χ3v) is 6.60. The number of nitrogens with zero attached hydrogens (tertiary/aromatic N) is 3. The minimum absolute atomic E-state index is 0.0135. The molecule has 3 aromatic rings. The van der Waals surface area contributed by atoms with E-state index in [9.17, 15) is 22.8 Å². The lowest BCUT2D eigenvalue weighted by atomic mass is 9.94. The zero-order chi connectivity index (χ0) is 25.9. The molecule has 3 heterocycles. The van der Waals surface area contributed by atoms with Crippen LogP contribution in [-0.4, -0.2) is 81.0 Å². The number of rotatable bonds is 4. The van der Waals surface area contributed by atoms with Crippen molar-refractivity contribution in [3.63, 3.8) is 0 Å². The predicted octanol–water partition coefficient (Wildman–Crippen LogP) is 2.18. The molecule has 2 aliphatic rings. The molecule has 0 unspecified atom stereocenters. The SMILES string of the molecule is O=C(NCC1(N2CCOCC2)CCCC1)c1cc2[nH]c(=O)c3ccccc3n2n1.O=C(O)C(F)(F)F. The normalized spacial score (nSPS) is 18.1. The third kappa shape index (κ3) is 5.36. The van der Waals surface area contributed by atoms with Crippen molar-refractivity contribution in [2.45, 2.75) is 37.4 Å². The molecular weight excluding hydrogens is 483 g/mol. The van der Waals surface area contributed by atoms with Crippen LogP contribution in [0.2, 0.25) is 0 Å². The highest BCUT2D eigenvalue weighted by atomic mass is 19.4. The Morgan fingerprint density at radius 3 is 2.44 bits per heavy atom. The number of aromatic amines is 1. The number of amides is 1. The van der Waals surface area contributed by atoms with E-state index in [4.69, 9.17) is 14.6 Å². The number of ether oxygens (including phenoxy) is 1. The number of nitrogens with one attached hydrogen (secondary N) is 2. The number of hydrogen-bond acceptors (Lipinski definition) is 6. The van der Waals surface area contributed by atoms with Gasteiger partial charge in [0, 0.05) is 31.2 Å². The Labute approximate surface area is 203 Å². The van der Waals surface area contributed by atoms with Crippen molar-refractivity contribution in [2.24, 2.45) is 0 Å². The number of halogens is 3. The first-order valence-electron chi connectivity index (χ1n) is 11.5. The second-order valence-corrected chi connectivity index (χ2v) is 8.81. The number of benzene rings is 1. The fraction of sp³-hybridized carbons (Fsp3) is 0.478. The van der Waals surface area contributed by atoms with E-state index in [0.29, 0.717) is 28.8 Å². The summed E-state index contributed by atoms with van der Waals surface area (Å²) in [5.41, 5.74) is 1.34. The number of carbonyl (C=O) groups excluding carboxylic acids is 1. The molecule has 0 bridgehead atoms. The molecule has 13 heteroatoms. The van der Waals surface area contributed by atoms with Crippen molar-refractivity contribution >= 4 is 28.4 Å². The lowest BCUT2D eigenvalue weighted by Gasteiger charge is -2.43. The molecule has 1 aliphatic heterocycles. The van der Waals surface area contributed by atoms with E-state index in [1.807, 2.05) is 18.2 Å². The van der Waals surface area contributed by atoms with Crippen LogP contribution in [0.1, 0.15) is 36.2 Å². The van der Waals surface area contributed by atoms with Gasteiger partial charge in [0.25, 0.3) is 11.5 Å². The van der Waals surface area contributed by atoms with Gasteiger partial charge in [0.05, 0.1) is 24.1 Å². The molecule has 1 saturated carbocycles. The summed E-state index contributed by atoms with van der Waals surface area (Å²) in [6.45, 7) is 3.94. The van der Waals surface area contributed by atoms with Crippen molar-refractivity contribution in [2.75, 3.05) is 32.8 Å². The molecule has 0 atom stereocenters. The summed E-state index contributed by atoms with van der Waals surface area (Å²) >= 11 is 0. The quantitative estimate of drug-likeness (QED) is 0.492. The van der Waals surface area contributed by atoms with Crippen molar-refractivity contribution in [1.29, 1.82) is 0 Å². The van der Waals surface area contributed by atoms with Crippen LogP contribution >= 0.6 is 0 Å². The molecule has 3 N–H and O–H groups in total. The molecule has 0 spiro atoms. The maximum Gasteiger partial charge on any atom is 0.490 e. The number of para-hydroxylation sites is 1. The number of aliphatic carboxylic acids is 1. The number of morpholine rings is 1. The summed E-state index contributed by atoms with van der Waals surface area (Å²) in [6.07, 6.45) is -0.517. The van der Waals surface area contributed by atoms with Gasteiger partial charge in [-0.2, -0.15) is 18.3 Å². The van der Waals surface area contributed by atoms with Crippen LogP contribution in [0.4, 0.5) is 13.2 Å². The smallest absolute Gasteiger partial charge is 0.475 e. The van der Waals surface area contributed by atoms with E-state index < -0.39 is 12.1 Å². The summed E-state index contributed by atoms with van der Waals surface area (Å²) in [6, 6.07) is 8.89. The molecular formula is C23H26F3N5O5. The number of aromatic nitrogens is 3. The highest BCUT2D eigenvalue weighted by Crippen LogP contribution is 2.35. The maximum atomic E-state index is 12.9. The molecule has 36 heavy (non-hydrogen) atoms. The van der Waals surface area contributed by atoms with Crippen molar-refractivity contribution in [3.05, 3.63) is 46.4 Å². The first-order valence-corrected chi connectivity index (χ1v) is 11.5. The third-order valence-electron chi connectivity index (χ3n) is 6.60. The summed E-state index contributed by atoms with van der Waals surface area (Å²) < 4.78 is 38.9. The average molecular weight is 509 g/mol. The molecule has 194 valence electrons. The topological polar surface area (TPSA) is 129 Å². The van der Waals surface area contributed by atoms with E-state index in [0.717, 1.165) is 39.1 Å². The molecule has 5 rings (SSSR count). The molecule has 0 radical (unpaired) electrons. The molecule has 2 aromatic heterocycles. The number of alkyl halides is 3. The summed E-state index contributed by atoms with van der Waals surface area (Å²) in [5.74, 6) is -2.97. The molecule has 1 aliphatic carbocycles. The van der Waals surface area contributed by atoms with E-state index in [1.54, 1.807) is 16.6 Å². The van der Waals surface area contributed by atoms with Crippen molar-refractivity contribution in [3.8, 4) is 0 Å². The Balaban J connectivity index is 0.000000384. The molecule has 1 aromatic carbocycles. The molecule has 1 amide bonds. The monoisotopic (exact) mass is 509 g/mol. The predicted molar refractivity (Wildman–Crippen MR) is 123 cm³/mol. The Bertz CT molecular complexity index is 1310. The first-order chi connectivity index (χ1) is 17.1. The van der Waals surface area contributed by atoms with Gasteiger partial charge in [0.15, 0.2) is 5.69 Å². The van der Waals surface area contributed by atoms with Crippen LogP contribution in [0, 0.1) is 0 Å². The Morgan fingerprint density at radius 1 is 1.17 bits per heavy atom. The van der Waals surface area contributed by atoms with Crippen LogP contribution < -0.4 is 10.9 Å². The van der Waals surface area contributed by atoms with Gasteiger partial charge in [-0.25, -0.2) is 9.31 Å². The standard InChI is InChI=1S/C21H25N5O3.C2HF3O2/c27-19-15-5-1-2-6-17(15)26-18(23-19)13-16(24-26)20(28)22-14-21(7-3-4-8-21)25-9-11-29-12-10-25;3-2(4,5)1(6)7/h1-2,5-6,13H,3-4,7-12,14H2,(H,22,28)(H,23,27);(H,6,7). The van der Waals surface area contributed by atoms with Gasteiger partial charge in [-0.15, -0.1) is 0 Å². The van der Waals surface area contributed by atoms with Crippen LogP contribution in [0.3, 0.4) is 0 Å². The highest BCUT2D eigenvalue weighted by molar-refractivity contribution is 5.94. The average Bonchev–Trinajstić information content (AvgIpc) is 3.51. The van der Waals surface area contributed by atoms with Crippen LogP contribution in [0.25, 0.3) is 16.6 Å². The zero-order valence-corrected chi connectivity index (χ0v) is 19.3. The van der Waals surface area contributed by atoms with E-state index in [-0.39, 0.29) is 17.0 Å². The summed E-state index contributed by atoms with van der Waals surface area (Å²) in [4.78, 5) is 39.4. The fourth-order valence-electron chi connectivity index (χ4n) is 4.81. The maximum absolute atomic E-state index is 12.9. The highest BCUT2D eigenvalue weighted by Gasteiger charge is 2.40. The zero-order valence-electron chi connectivity index (χ0n) is 19.3. The van der Waals surface area contributed by atoms with Crippen LogP contribution in [0.15, 0.2) is 35.1 Å². The minimum Gasteiger partial charge on any atom is -0.475 e. The minimum atomic E-state index is -5.08. The number of carbonyl (C=O) groups is 2. The largest absolute Gasteiger partial charge is 0.490 e. The van der Waals surface area contributed by atoms with Gasteiger partial charge in [0.1, 0.15) is 5.65 Å². The van der Waals surface area contributed by atoms with Crippen LogP contribution in [-0.2, 0) is 9.53 Å². The lowest BCUT2D eigenvalue weighted by molar-refractivity contribution is -0.192. The second-order valence-electron chi connectivity index (χ2n) is 8.81. The molecule has 10 nitrogen and oxygen atoms in total. The number of carboxylic acid groups (broad SMARTS) is 1. The number of carboxylic acids is 1. The van der Waals surface area contributed by atoms with Crippen molar-refractivity contribution in [1.82, 2.24) is 24.8 Å². The van der Waals surface area contributed by atoms with Gasteiger partial charge in [-0.3, -0.25) is 14.5 Å². The van der Waals surface area contributed by atoms with Gasteiger partial charge in [0.2, 0.25) is 0 Å². The summed E-state index contributed by atoms with van der Waals surface area (Å²) in [5, 5.41) is 15.3. The first kappa shape index (κ1) is 25.6. The van der Waals surface area contributed by atoms with Gasteiger partial charge < -0.3 is 20.1 Å². The molecule has 1 saturated heterocycles. The Kier molecular flexibility index (Phi) is 7.31. The number of fused-ring (bicyclic) bond motifs is 3. The number of H-pyrrole nitrogens is 1. The summed E-state index contributed by atoms with van der Waals surface area (Å²) in [7, 11) is 0. The second kappa shape index (κ2) is 10.3. The van der Waals surface area contributed by atoms with Crippen LogP contribution in [0.5, 0.6) is 0 Å². The molecule has 2 fully saturated rings. The van der Waals surface area contributed by atoms with Gasteiger partial charge in [-0.05, 0) is 25.0 Å². The lowest BCUT2D eigenvalue weighted by Crippen LogP contribution is -2.57. The van der Waals surface area contributed by atoms with E-state index >= 15 is 0 Å². The van der Waals surface area contributed by atoms with Crippen molar-refractivity contribution < 1.29 is 32.6 Å². The Hall–Kier alpha value is -3.45. The Morgan fingerprint density at radius 2 is 1.81 bits per heavy atom. The van der Waals surface area contributed by atoms with Gasteiger partial charge >= 0.3 is 12.1 Å². The fourth-order valence-corrected chi connectivity index (χ4v) is 4.81. The number of hydrogen-bond donors (Lipinski definition) is 3. The van der Waals surface area contributed by atoms with E-state index in [1.165, 1.54) is 12.8 Å². The van der Waals surface area contributed by atoms with E-state index in [2.05, 4.69) is 20.3 Å². The van der Waals surface area contributed by atoms with Gasteiger partial charge in [-0.1, -0.05) is 25.0 Å².